The maximum Gasteiger partial charge on any atom is 0.331 e. The molecule has 1 aliphatic heterocycles. The van der Waals surface area contributed by atoms with Crippen LogP contribution in [-0.4, -0.2) is 39.9 Å². The number of carbonyl (C=O) groups excluding carboxylic acids is 1. The molecular formula is C11H16N4O3. The molecule has 0 aliphatic carbocycles. The predicted octanol–water partition coefficient (Wildman–Crippen LogP) is -0.728. The van der Waals surface area contributed by atoms with Crippen LogP contribution >= 0.6 is 0 Å². The third-order valence-corrected chi connectivity index (χ3v) is 2.95. The molecule has 0 radical (unpaired) electrons. The molecular weight excluding hydrogens is 236 g/mol. The third kappa shape index (κ3) is 2.86. The van der Waals surface area contributed by atoms with Crippen molar-refractivity contribution in [1.29, 1.82) is 0 Å². The number of aliphatic carboxylic acids is 1. The van der Waals surface area contributed by atoms with Crippen molar-refractivity contribution in [2.75, 3.05) is 13.1 Å². The summed E-state index contributed by atoms with van der Waals surface area (Å²) in [6, 6.07) is -1.03. The van der Waals surface area contributed by atoms with E-state index in [1.807, 2.05) is 0 Å². The van der Waals surface area contributed by atoms with Gasteiger partial charge in [0.25, 0.3) is 0 Å². The molecule has 98 valence electrons. The van der Waals surface area contributed by atoms with E-state index in [1.54, 1.807) is 13.2 Å². The molecule has 7 nitrogen and oxygen atoms in total. The molecule has 0 spiro atoms. The number of amides is 1. The van der Waals surface area contributed by atoms with E-state index in [1.165, 1.54) is 10.9 Å². The maximum absolute atomic E-state index is 11.7. The van der Waals surface area contributed by atoms with Crippen LogP contribution in [0.25, 0.3) is 0 Å². The first-order valence-corrected chi connectivity index (χ1v) is 5.77. The Balaban J connectivity index is 1.97. The molecule has 0 saturated carbocycles. The highest BCUT2D eigenvalue weighted by molar-refractivity contribution is 5.84. The Bertz CT molecular complexity index is 453. The van der Waals surface area contributed by atoms with E-state index >= 15 is 0 Å². The van der Waals surface area contributed by atoms with Crippen LogP contribution in [0.15, 0.2) is 12.4 Å². The van der Waals surface area contributed by atoms with Gasteiger partial charge in [0.1, 0.15) is 0 Å². The van der Waals surface area contributed by atoms with Crippen molar-refractivity contribution < 1.29 is 14.7 Å². The van der Waals surface area contributed by atoms with E-state index in [0.717, 1.165) is 13.1 Å². The Morgan fingerprint density at radius 3 is 2.83 bits per heavy atom. The highest BCUT2D eigenvalue weighted by Gasteiger charge is 2.26. The molecule has 1 saturated heterocycles. The number of hydrogen-bond donors (Lipinski definition) is 3. The van der Waals surface area contributed by atoms with E-state index in [9.17, 15) is 9.59 Å². The number of carboxylic acids is 1. The van der Waals surface area contributed by atoms with Crippen LogP contribution in [0.4, 0.5) is 0 Å². The van der Waals surface area contributed by atoms with Crippen LogP contribution in [0.5, 0.6) is 0 Å². The predicted molar refractivity (Wildman–Crippen MR) is 62.7 cm³/mol. The van der Waals surface area contributed by atoms with Crippen molar-refractivity contribution in [2.24, 2.45) is 13.0 Å². The molecule has 18 heavy (non-hydrogen) atoms. The molecule has 1 aromatic rings. The average Bonchev–Trinajstić information content (AvgIpc) is 2.66. The second-order valence-electron chi connectivity index (χ2n) is 4.51. The zero-order valence-electron chi connectivity index (χ0n) is 10.1. The number of carboxylic acid groups (broad SMARTS) is 1. The molecule has 1 fully saturated rings. The second kappa shape index (κ2) is 5.18. The van der Waals surface area contributed by atoms with Gasteiger partial charge in [0.2, 0.25) is 5.91 Å². The number of carbonyl (C=O) groups is 2. The van der Waals surface area contributed by atoms with Crippen molar-refractivity contribution in [3.8, 4) is 0 Å². The molecule has 2 heterocycles. The van der Waals surface area contributed by atoms with Gasteiger partial charge in [-0.15, -0.1) is 0 Å². The van der Waals surface area contributed by atoms with Crippen molar-refractivity contribution in [1.82, 2.24) is 20.4 Å². The zero-order valence-corrected chi connectivity index (χ0v) is 10.1. The van der Waals surface area contributed by atoms with Gasteiger partial charge in [0.05, 0.1) is 6.20 Å². The molecule has 1 amide bonds. The van der Waals surface area contributed by atoms with Gasteiger partial charge in [0.15, 0.2) is 6.04 Å². The van der Waals surface area contributed by atoms with Gasteiger partial charge < -0.3 is 15.7 Å². The molecule has 2 rings (SSSR count). The summed E-state index contributed by atoms with van der Waals surface area (Å²) in [6.45, 7) is 1.64. The lowest BCUT2D eigenvalue weighted by molar-refractivity contribution is -0.142. The topological polar surface area (TPSA) is 96.2 Å². The Kier molecular flexibility index (Phi) is 3.61. The van der Waals surface area contributed by atoms with Crippen LogP contribution in [0.3, 0.4) is 0 Å². The number of nitrogens with zero attached hydrogens (tertiary/aromatic N) is 2. The summed E-state index contributed by atoms with van der Waals surface area (Å²) in [4.78, 5) is 22.9. The van der Waals surface area contributed by atoms with Crippen LogP contribution in [0.1, 0.15) is 18.0 Å². The highest BCUT2D eigenvalue weighted by Crippen LogP contribution is 2.14. The molecule has 0 bridgehead atoms. The van der Waals surface area contributed by atoms with E-state index in [2.05, 4.69) is 15.7 Å². The fourth-order valence-electron chi connectivity index (χ4n) is 1.85. The molecule has 3 N–H and O–H groups in total. The first-order valence-electron chi connectivity index (χ1n) is 5.77. The van der Waals surface area contributed by atoms with Gasteiger partial charge in [-0.1, -0.05) is 0 Å². The van der Waals surface area contributed by atoms with E-state index in [4.69, 9.17) is 5.11 Å². The van der Waals surface area contributed by atoms with Crippen LogP contribution < -0.4 is 10.6 Å². The quantitative estimate of drug-likeness (QED) is 0.642. The van der Waals surface area contributed by atoms with Crippen molar-refractivity contribution >= 4 is 11.9 Å². The summed E-state index contributed by atoms with van der Waals surface area (Å²) in [5.41, 5.74) is 0.477. The molecule has 1 unspecified atom stereocenters. The summed E-state index contributed by atoms with van der Waals surface area (Å²) in [7, 11) is 1.70. The summed E-state index contributed by atoms with van der Waals surface area (Å²) >= 11 is 0. The third-order valence-electron chi connectivity index (χ3n) is 2.95. The van der Waals surface area contributed by atoms with E-state index in [-0.39, 0.29) is 5.91 Å². The summed E-state index contributed by atoms with van der Waals surface area (Å²) in [5.74, 6) is -1.01. The Morgan fingerprint density at radius 2 is 2.39 bits per heavy atom. The Labute approximate surface area is 104 Å². The zero-order chi connectivity index (χ0) is 13.1. The number of nitrogens with one attached hydrogen (secondary N) is 2. The summed E-state index contributed by atoms with van der Waals surface area (Å²) in [6.07, 6.45) is 3.39. The lowest BCUT2D eigenvalue weighted by atomic mass is 9.98. The lowest BCUT2D eigenvalue weighted by Crippen LogP contribution is -2.45. The molecule has 7 heteroatoms. The van der Waals surface area contributed by atoms with Crippen LogP contribution in [0.2, 0.25) is 0 Å². The standard InChI is InChI=1S/C11H16N4O3/c1-15-6-8(5-13-15)10(11(17)18)14-9(16)2-7-3-12-4-7/h5-7,10,12H,2-4H2,1H3,(H,14,16)(H,17,18). The fraction of sp³-hybridized carbons (Fsp3) is 0.545. The average molecular weight is 252 g/mol. The van der Waals surface area contributed by atoms with Gasteiger partial charge in [-0.05, 0) is 19.0 Å². The summed E-state index contributed by atoms with van der Waals surface area (Å²) in [5, 5.41) is 18.6. The summed E-state index contributed by atoms with van der Waals surface area (Å²) < 4.78 is 1.51. The number of rotatable bonds is 5. The number of aromatic nitrogens is 2. The molecule has 1 aliphatic rings. The van der Waals surface area contributed by atoms with Gasteiger partial charge in [-0.3, -0.25) is 9.48 Å². The van der Waals surface area contributed by atoms with Gasteiger partial charge in [-0.2, -0.15) is 5.10 Å². The first kappa shape index (κ1) is 12.6. The van der Waals surface area contributed by atoms with Gasteiger partial charge >= 0.3 is 5.97 Å². The Hall–Kier alpha value is -1.89. The highest BCUT2D eigenvalue weighted by atomic mass is 16.4. The molecule has 1 aromatic heterocycles. The first-order chi connectivity index (χ1) is 8.56. The number of aryl methyl sites for hydroxylation is 1. The smallest absolute Gasteiger partial charge is 0.331 e. The lowest BCUT2D eigenvalue weighted by Gasteiger charge is -2.26. The van der Waals surface area contributed by atoms with Crippen molar-refractivity contribution in [3.05, 3.63) is 18.0 Å². The SMILES string of the molecule is Cn1cc(C(NC(=O)CC2CNC2)C(=O)O)cn1. The van der Waals surface area contributed by atoms with Crippen molar-refractivity contribution in [2.45, 2.75) is 12.5 Å². The normalized spacial score (nSPS) is 16.9. The fourth-order valence-corrected chi connectivity index (χ4v) is 1.85. The molecule has 1 atom stereocenters. The van der Waals surface area contributed by atoms with E-state index in [0.29, 0.717) is 17.9 Å². The minimum Gasteiger partial charge on any atom is -0.479 e. The number of hydrogen-bond acceptors (Lipinski definition) is 4. The van der Waals surface area contributed by atoms with Crippen molar-refractivity contribution in [3.63, 3.8) is 0 Å². The van der Waals surface area contributed by atoms with Gasteiger partial charge in [0, 0.05) is 25.2 Å². The monoisotopic (exact) mass is 252 g/mol. The minimum atomic E-state index is -1.08. The van der Waals surface area contributed by atoms with E-state index < -0.39 is 12.0 Å². The van der Waals surface area contributed by atoms with Gasteiger partial charge in [-0.25, -0.2) is 4.79 Å². The second-order valence-corrected chi connectivity index (χ2v) is 4.51. The largest absolute Gasteiger partial charge is 0.479 e. The maximum atomic E-state index is 11.7. The minimum absolute atomic E-state index is 0.238. The Morgan fingerprint density at radius 1 is 1.67 bits per heavy atom. The molecule has 0 aromatic carbocycles. The van der Waals surface area contributed by atoms with Crippen LogP contribution in [0, 0.1) is 5.92 Å². The van der Waals surface area contributed by atoms with Crippen LogP contribution in [-0.2, 0) is 16.6 Å².